The normalized spacial score (nSPS) is 11.1. The zero-order valence-corrected chi connectivity index (χ0v) is 18.5. The van der Waals surface area contributed by atoms with Gasteiger partial charge in [0.1, 0.15) is 5.75 Å². The second-order valence-electron chi connectivity index (χ2n) is 6.35. The fraction of sp³-hybridized carbons (Fsp3) is 0.381. The molecular weight excluding hydrogens is 408 g/mol. The van der Waals surface area contributed by atoms with E-state index < -0.39 is 10.0 Å². The van der Waals surface area contributed by atoms with Crippen LogP contribution in [0.5, 0.6) is 5.75 Å². The summed E-state index contributed by atoms with van der Waals surface area (Å²) in [6.07, 6.45) is 1.85. The Morgan fingerprint density at radius 1 is 1.10 bits per heavy atom. The van der Waals surface area contributed by atoms with Crippen LogP contribution in [0.2, 0.25) is 0 Å². The first-order valence-electron chi connectivity index (χ1n) is 9.56. The molecule has 0 aliphatic carbocycles. The Bertz CT molecular complexity index is 873. The molecule has 0 aromatic heterocycles. The van der Waals surface area contributed by atoms with Crippen molar-refractivity contribution in [2.45, 2.75) is 24.7 Å². The third kappa shape index (κ3) is 7.98. The number of nitrogens with one attached hydrogen (secondary N) is 1. The number of anilines is 1. The van der Waals surface area contributed by atoms with E-state index in [2.05, 4.69) is 5.32 Å². The van der Waals surface area contributed by atoms with E-state index in [1.807, 2.05) is 37.3 Å². The highest BCUT2D eigenvalue weighted by atomic mass is 32.2. The van der Waals surface area contributed by atoms with Crippen LogP contribution in [0.4, 0.5) is 5.69 Å². The molecule has 2 aromatic rings. The van der Waals surface area contributed by atoms with Gasteiger partial charge in [0.25, 0.3) is 0 Å². The highest BCUT2D eigenvalue weighted by Crippen LogP contribution is 2.30. The molecule has 0 unspecified atom stereocenters. The lowest BCUT2D eigenvalue weighted by Gasteiger charge is -2.24. The molecule has 0 radical (unpaired) electrons. The maximum atomic E-state index is 12.3. The first-order chi connectivity index (χ1) is 13.9. The molecule has 6 nitrogen and oxygen atoms in total. The Morgan fingerprint density at radius 2 is 1.79 bits per heavy atom. The van der Waals surface area contributed by atoms with E-state index in [1.165, 1.54) is 9.20 Å². The average Bonchev–Trinajstić information content (AvgIpc) is 2.69. The van der Waals surface area contributed by atoms with Gasteiger partial charge in [-0.3, -0.25) is 9.10 Å². The molecule has 0 spiro atoms. The van der Waals surface area contributed by atoms with Gasteiger partial charge < -0.3 is 10.1 Å². The molecule has 0 atom stereocenters. The smallest absolute Gasteiger partial charge is 0.232 e. The van der Waals surface area contributed by atoms with Crippen LogP contribution in [0, 0.1) is 0 Å². The second-order valence-corrected chi connectivity index (χ2v) is 9.43. The molecule has 1 N–H and O–H groups in total. The number of sulfonamides is 1. The van der Waals surface area contributed by atoms with E-state index in [1.54, 1.807) is 36.0 Å². The fourth-order valence-electron chi connectivity index (χ4n) is 2.75. The predicted molar refractivity (Wildman–Crippen MR) is 119 cm³/mol. The number of nitrogens with zero attached hydrogens (tertiary/aromatic N) is 1. The van der Waals surface area contributed by atoms with Gasteiger partial charge in [0.15, 0.2) is 0 Å². The summed E-state index contributed by atoms with van der Waals surface area (Å²) >= 11 is 1.68. The van der Waals surface area contributed by atoms with Gasteiger partial charge in [0.2, 0.25) is 15.9 Å². The van der Waals surface area contributed by atoms with Gasteiger partial charge in [-0.25, -0.2) is 8.42 Å². The van der Waals surface area contributed by atoms with Gasteiger partial charge in [0, 0.05) is 30.2 Å². The van der Waals surface area contributed by atoms with Crippen LogP contribution in [-0.4, -0.2) is 46.0 Å². The van der Waals surface area contributed by atoms with E-state index in [4.69, 9.17) is 4.74 Å². The van der Waals surface area contributed by atoms with Crippen LogP contribution in [0.15, 0.2) is 59.5 Å². The summed E-state index contributed by atoms with van der Waals surface area (Å²) < 4.78 is 31.4. The zero-order valence-electron chi connectivity index (χ0n) is 16.8. The number of para-hydroxylation sites is 2. The SMILES string of the molecule is CCOc1ccccc1N(CCCC(=O)NCCSc1ccccc1)S(C)(=O)=O. The molecule has 29 heavy (non-hydrogen) atoms. The minimum atomic E-state index is -3.49. The molecule has 8 heteroatoms. The standard InChI is InChI=1S/C21H28N2O4S2/c1-3-27-20-13-8-7-12-19(20)23(29(2,25)26)16-9-14-21(24)22-15-17-28-18-10-5-4-6-11-18/h4-8,10-13H,3,9,14-17H2,1-2H3,(H,22,24). The topological polar surface area (TPSA) is 75.7 Å². The maximum absolute atomic E-state index is 12.3. The summed E-state index contributed by atoms with van der Waals surface area (Å²) in [6, 6.07) is 17.0. The van der Waals surface area contributed by atoms with E-state index in [0.717, 1.165) is 12.0 Å². The Balaban J connectivity index is 1.82. The molecule has 0 aliphatic heterocycles. The zero-order chi connectivity index (χ0) is 21.1. The summed E-state index contributed by atoms with van der Waals surface area (Å²) in [7, 11) is -3.49. The van der Waals surface area contributed by atoms with Crippen molar-refractivity contribution in [3.63, 3.8) is 0 Å². The highest BCUT2D eigenvalue weighted by Gasteiger charge is 2.21. The molecule has 2 aromatic carbocycles. The summed E-state index contributed by atoms with van der Waals surface area (Å²) in [6.45, 7) is 3.08. The number of thioether (sulfide) groups is 1. The molecule has 0 saturated heterocycles. The van der Waals surface area contributed by atoms with Crippen LogP contribution in [-0.2, 0) is 14.8 Å². The van der Waals surface area contributed by atoms with Crippen molar-refractivity contribution in [3.05, 3.63) is 54.6 Å². The maximum Gasteiger partial charge on any atom is 0.232 e. The number of carbonyl (C=O) groups excluding carboxylic acids is 1. The van der Waals surface area contributed by atoms with Crippen molar-refractivity contribution in [3.8, 4) is 5.75 Å². The van der Waals surface area contributed by atoms with E-state index in [0.29, 0.717) is 31.0 Å². The lowest BCUT2D eigenvalue weighted by Crippen LogP contribution is -2.32. The number of hydrogen-bond donors (Lipinski definition) is 1. The second kappa shape index (κ2) is 11.7. The number of benzene rings is 2. The van der Waals surface area contributed by atoms with Gasteiger partial charge >= 0.3 is 0 Å². The first kappa shape index (κ1) is 23.1. The van der Waals surface area contributed by atoms with E-state index in [-0.39, 0.29) is 18.9 Å². The number of amides is 1. The molecule has 0 heterocycles. The van der Waals surface area contributed by atoms with Crippen LogP contribution in [0.25, 0.3) is 0 Å². The third-order valence-corrected chi connectivity index (χ3v) is 6.23. The van der Waals surface area contributed by atoms with Gasteiger partial charge in [-0.05, 0) is 37.6 Å². The highest BCUT2D eigenvalue weighted by molar-refractivity contribution is 7.99. The van der Waals surface area contributed by atoms with E-state index >= 15 is 0 Å². The van der Waals surface area contributed by atoms with Crippen molar-refractivity contribution < 1.29 is 17.9 Å². The number of ether oxygens (including phenoxy) is 1. The monoisotopic (exact) mass is 436 g/mol. The summed E-state index contributed by atoms with van der Waals surface area (Å²) in [5.41, 5.74) is 0.497. The number of hydrogen-bond acceptors (Lipinski definition) is 5. The van der Waals surface area contributed by atoms with Gasteiger partial charge in [-0.15, -0.1) is 11.8 Å². The molecule has 2 rings (SSSR count). The average molecular weight is 437 g/mol. The van der Waals surface area contributed by atoms with Crippen LogP contribution in [0.3, 0.4) is 0 Å². The number of carbonyl (C=O) groups is 1. The third-order valence-electron chi connectivity index (χ3n) is 4.04. The van der Waals surface area contributed by atoms with Crippen LogP contribution < -0.4 is 14.4 Å². The Morgan fingerprint density at radius 3 is 2.48 bits per heavy atom. The van der Waals surface area contributed by atoms with Gasteiger partial charge in [-0.2, -0.15) is 0 Å². The lowest BCUT2D eigenvalue weighted by atomic mass is 10.2. The molecule has 0 bridgehead atoms. The van der Waals surface area contributed by atoms with Gasteiger partial charge in [-0.1, -0.05) is 30.3 Å². The van der Waals surface area contributed by atoms with Crippen molar-refractivity contribution in [1.29, 1.82) is 0 Å². The first-order valence-corrected chi connectivity index (χ1v) is 12.4. The Kier molecular flexibility index (Phi) is 9.34. The molecular formula is C21H28N2O4S2. The van der Waals surface area contributed by atoms with Crippen LogP contribution in [0.1, 0.15) is 19.8 Å². The summed E-state index contributed by atoms with van der Waals surface area (Å²) in [5.74, 6) is 1.22. The van der Waals surface area contributed by atoms with Gasteiger partial charge in [0.05, 0.1) is 18.6 Å². The lowest BCUT2D eigenvalue weighted by molar-refractivity contribution is -0.121. The Labute approximate surface area is 177 Å². The summed E-state index contributed by atoms with van der Waals surface area (Å²) in [5, 5.41) is 2.88. The molecule has 0 saturated carbocycles. The van der Waals surface area contributed by atoms with E-state index in [9.17, 15) is 13.2 Å². The molecule has 0 fully saturated rings. The quantitative estimate of drug-likeness (QED) is 0.407. The summed E-state index contributed by atoms with van der Waals surface area (Å²) in [4.78, 5) is 13.2. The van der Waals surface area contributed by atoms with Crippen molar-refractivity contribution >= 4 is 33.4 Å². The molecule has 1 amide bonds. The Hall–Kier alpha value is -2.19. The van der Waals surface area contributed by atoms with Crippen molar-refractivity contribution in [2.24, 2.45) is 0 Å². The van der Waals surface area contributed by atoms with Crippen molar-refractivity contribution in [2.75, 3.05) is 36.0 Å². The number of rotatable bonds is 12. The fourth-order valence-corrected chi connectivity index (χ4v) is 4.51. The largest absolute Gasteiger partial charge is 0.492 e. The van der Waals surface area contributed by atoms with Crippen molar-refractivity contribution in [1.82, 2.24) is 5.32 Å². The predicted octanol–water partition coefficient (Wildman–Crippen LogP) is 3.54. The minimum absolute atomic E-state index is 0.0785. The van der Waals surface area contributed by atoms with Crippen LogP contribution >= 0.6 is 11.8 Å². The molecule has 0 aliphatic rings. The molecule has 158 valence electrons. The minimum Gasteiger partial charge on any atom is -0.492 e.